The standard InChI is InChI=1S/C10H15NO2/c1-10(2,7-13-11)8-5-3-4-6-9(8)12/h3-6,12H,7,11H2,1-2H3. The Morgan fingerprint density at radius 1 is 1.38 bits per heavy atom. The van der Waals surface area contributed by atoms with Gasteiger partial charge in [-0.05, 0) is 6.07 Å². The summed E-state index contributed by atoms with van der Waals surface area (Å²) in [5.41, 5.74) is 0.584. The summed E-state index contributed by atoms with van der Waals surface area (Å²) in [5.74, 6) is 5.30. The van der Waals surface area contributed by atoms with Crippen LogP contribution in [0.25, 0.3) is 0 Å². The van der Waals surface area contributed by atoms with Crippen LogP contribution in [0, 0.1) is 0 Å². The normalized spacial score (nSPS) is 11.6. The molecule has 72 valence electrons. The van der Waals surface area contributed by atoms with Gasteiger partial charge in [-0.15, -0.1) is 0 Å². The molecule has 0 atom stereocenters. The quantitative estimate of drug-likeness (QED) is 0.696. The molecule has 0 aromatic heterocycles. The molecule has 0 fully saturated rings. The van der Waals surface area contributed by atoms with Crippen LogP contribution in [-0.2, 0) is 10.3 Å². The first-order chi connectivity index (χ1) is 6.08. The zero-order valence-electron chi connectivity index (χ0n) is 7.95. The van der Waals surface area contributed by atoms with Crippen molar-refractivity contribution in [2.45, 2.75) is 19.3 Å². The fourth-order valence-electron chi connectivity index (χ4n) is 1.33. The highest BCUT2D eigenvalue weighted by atomic mass is 16.6. The van der Waals surface area contributed by atoms with Crippen LogP contribution in [0.5, 0.6) is 5.75 Å². The zero-order chi connectivity index (χ0) is 9.90. The van der Waals surface area contributed by atoms with Gasteiger partial charge in [-0.1, -0.05) is 32.0 Å². The average molecular weight is 181 g/mol. The summed E-state index contributed by atoms with van der Waals surface area (Å²) < 4.78 is 0. The third kappa shape index (κ3) is 2.20. The first-order valence-corrected chi connectivity index (χ1v) is 4.18. The molecule has 3 heteroatoms. The molecule has 1 rings (SSSR count). The maximum Gasteiger partial charge on any atom is 0.119 e. The Kier molecular flexibility index (Phi) is 2.90. The summed E-state index contributed by atoms with van der Waals surface area (Å²) in [6.07, 6.45) is 0. The first-order valence-electron chi connectivity index (χ1n) is 4.18. The van der Waals surface area contributed by atoms with Gasteiger partial charge in [0.25, 0.3) is 0 Å². The molecule has 1 aromatic carbocycles. The van der Waals surface area contributed by atoms with E-state index in [1.807, 2.05) is 26.0 Å². The number of hydrogen-bond acceptors (Lipinski definition) is 3. The number of para-hydroxylation sites is 1. The lowest BCUT2D eigenvalue weighted by atomic mass is 9.85. The van der Waals surface area contributed by atoms with Crippen LogP contribution >= 0.6 is 0 Å². The Labute approximate surface area is 78.1 Å². The lowest BCUT2D eigenvalue weighted by molar-refractivity contribution is 0.0954. The summed E-state index contributed by atoms with van der Waals surface area (Å²) in [7, 11) is 0. The average Bonchev–Trinajstić information content (AvgIpc) is 2.04. The molecule has 0 aliphatic rings. The van der Waals surface area contributed by atoms with E-state index in [9.17, 15) is 5.11 Å². The lowest BCUT2D eigenvalue weighted by Crippen LogP contribution is -2.26. The van der Waals surface area contributed by atoms with E-state index < -0.39 is 0 Å². The highest BCUT2D eigenvalue weighted by Gasteiger charge is 2.23. The molecule has 0 aliphatic heterocycles. The van der Waals surface area contributed by atoms with E-state index in [2.05, 4.69) is 4.84 Å². The minimum atomic E-state index is -0.264. The van der Waals surface area contributed by atoms with E-state index in [1.54, 1.807) is 12.1 Å². The van der Waals surface area contributed by atoms with E-state index in [0.717, 1.165) is 5.56 Å². The van der Waals surface area contributed by atoms with Crippen LogP contribution in [0.4, 0.5) is 0 Å². The summed E-state index contributed by atoms with van der Waals surface area (Å²) >= 11 is 0. The Hall–Kier alpha value is -1.06. The maximum atomic E-state index is 9.58. The molecule has 3 N–H and O–H groups in total. The summed E-state index contributed by atoms with van der Waals surface area (Å²) in [5, 5.41) is 9.58. The molecular weight excluding hydrogens is 166 g/mol. The van der Waals surface area contributed by atoms with Crippen molar-refractivity contribution in [2.75, 3.05) is 6.61 Å². The second-order valence-corrected chi connectivity index (χ2v) is 3.71. The van der Waals surface area contributed by atoms with Crippen LogP contribution < -0.4 is 5.90 Å². The van der Waals surface area contributed by atoms with Gasteiger partial charge in [0.2, 0.25) is 0 Å². The topological polar surface area (TPSA) is 55.5 Å². The number of nitrogens with two attached hydrogens (primary N) is 1. The first kappa shape index (κ1) is 10.0. The minimum absolute atomic E-state index is 0.264. The van der Waals surface area contributed by atoms with Crippen molar-refractivity contribution in [2.24, 2.45) is 5.90 Å². The molecule has 0 saturated carbocycles. The van der Waals surface area contributed by atoms with Gasteiger partial charge in [0.1, 0.15) is 5.75 Å². The van der Waals surface area contributed by atoms with Crippen LogP contribution in [-0.4, -0.2) is 11.7 Å². The van der Waals surface area contributed by atoms with Gasteiger partial charge < -0.3 is 9.94 Å². The predicted octanol–water partition coefficient (Wildman–Crippen LogP) is 1.56. The number of aromatic hydroxyl groups is 1. The number of hydrogen-bond donors (Lipinski definition) is 2. The fourth-order valence-corrected chi connectivity index (χ4v) is 1.33. The van der Waals surface area contributed by atoms with Crippen molar-refractivity contribution in [3.8, 4) is 5.75 Å². The van der Waals surface area contributed by atoms with Crippen molar-refractivity contribution < 1.29 is 9.94 Å². The van der Waals surface area contributed by atoms with Crippen molar-refractivity contribution in [1.82, 2.24) is 0 Å². The highest BCUT2D eigenvalue weighted by Crippen LogP contribution is 2.30. The van der Waals surface area contributed by atoms with Gasteiger partial charge >= 0.3 is 0 Å². The maximum absolute atomic E-state index is 9.58. The highest BCUT2D eigenvalue weighted by molar-refractivity contribution is 5.37. The van der Waals surface area contributed by atoms with Crippen LogP contribution in [0.15, 0.2) is 24.3 Å². The Morgan fingerprint density at radius 2 is 2.00 bits per heavy atom. The van der Waals surface area contributed by atoms with Crippen molar-refractivity contribution in [1.29, 1.82) is 0 Å². The van der Waals surface area contributed by atoms with E-state index in [1.165, 1.54) is 0 Å². The molecule has 0 unspecified atom stereocenters. The van der Waals surface area contributed by atoms with E-state index in [4.69, 9.17) is 5.90 Å². The smallest absolute Gasteiger partial charge is 0.119 e. The molecule has 0 saturated heterocycles. The Bertz CT molecular complexity index is 284. The third-order valence-electron chi connectivity index (χ3n) is 2.08. The molecule has 0 bridgehead atoms. The van der Waals surface area contributed by atoms with E-state index in [0.29, 0.717) is 6.61 Å². The minimum Gasteiger partial charge on any atom is -0.508 e. The molecule has 0 heterocycles. The van der Waals surface area contributed by atoms with Gasteiger partial charge in [-0.3, -0.25) is 0 Å². The van der Waals surface area contributed by atoms with Gasteiger partial charge in [0, 0.05) is 11.0 Å². The van der Waals surface area contributed by atoms with Crippen molar-refractivity contribution in [3.63, 3.8) is 0 Å². The third-order valence-corrected chi connectivity index (χ3v) is 2.08. The molecule has 3 nitrogen and oxygen atoms in total. The van der Waals surface area contributed by atoms with Gasteiger partial charge in [0.05, 0.1) is 6.61 Å². The molecule has 13 heavy (non-hydrogen) atoms. The second-order valence-electron chi connectivity index (χ2n) is 3.71. The summed E-state index contributed by atoms with van der Waals surface area (Å²) in [4.78, 5) is 4.60. The number of rotatable bonds is 3. The SMILES string of the molecule is CC(C)(CON)c1ccccc1O. The van der Waals surface area contributed by atoms with Gasteiger partial charge in [0.15, 0.2) is 0 Å². The van der Waals surface area contributed by atoms with Crippen molar-refractivity contribution in [3.05, 3.63) is 29.8 Å². The number of phenolic OH excluding ortho intramolecular Hbond substituents is 1. The Morgan fingerprint density at radius 3 is 2.54 bits per heavy atom. The van der Waals surface area contributed by atoms with Crippen LogP contribution in [0.3, 0.4) is 0 Å². The number of benzene rings is 1. The van der Waals surface area contributed by atoms with Crippen LogP contribution in [0.2, 0.25) is 0 Å². The number of phenols is 1. The molecule has 0 amide bonds. The fraction of sp³-hybridized carbons (Fsp3) is 0.400. The summed E-state index contributed by atoms with van der Waals surface area (Å²) in [6.45, 7) is 4.31. The molecule has 0 aliphatic carbocycles. The van der Waals surface area contributed by atoms with Gasteiger partial charge in [-0.2, -0.15) is 0 Å². The van der Waals surface area contributed by atoms with Crippen molar-refractivity contribution >= 4 is 0 Å². The Balaban J connectivity index is 2.99. The lowest BCUT2D eigenvalue weighted by Gasteiger charge is -2.24. The summed E-state index contributed by atoms with van der Waals surface area (Å²) in [6, 6.07) is 7.20. The molecule has 1 aromatic rings. The van der Waals surface area contributed by atoms with Crippen LogP contribution in [0.1, 0.15) is 19.4 Å². The monoisotopic (exact) mass is 181 g/mol. The second kappa shape index (κ2) is 3.77. The largest absolute Gasteiger partial charge is 0.508 e. The van der Waals surface area contributed by atoms with E-state index in [-0.39, 0.29) is 11.2 Å². The molecular formula is C10H15NO2. The van der Waals surface area contributed by atoms with Gasteiger partial charge in [-0.25, -0.2) is 5.90 Å². The molecule has 0 radical (unpaired) electrons. The zero-order valence-corrected chi connectivity index (χ0v) is 7.95. The molecule has 0 spiro atoms. The van der Waals surface area contributed by atoms with E-state index >= 15 is 0 Å². The predicted molar refractivity (Wildman–Crippen MR) is 51.3 cm³/mol.